The van der Waals surface area contributed by atoms with Crippen molar-refractivity contribution in [1.29, 1.82) is 0 Å². The van der Waals surface area contributed by atoms with Gasteiger partial charge in [-0.1, -0.05) is 0 Å². The van der Waals surface area contributed by atoms with Crippen molar-refractivity contribution in [1.82, 2.24) is 15.1 Å². The molecule has 1 aromatic heterocycles. The number of ether oxygens (including phenoxy) is 2. The van der Waals surface area contributed by atoms with Crippen LogP contribution in [-0.2, 0) is 11.3 Å². The zero-order valence-electron chi connectivity index (χ0n) is 16.9. The van der Waals surface area contributed by atoms with E-state index in [1.807, 2.05) is 32.2 Å². The second-order valence-corrected chi connectivity index (χ2v) is 8.46. The maximum atomic E-state index is 10.5. The molecule has 6 nitrogen and oxygen atoms in total. The Balaban J connectivity index is 1.39. The molecule has 152 valence electrons. The minimum Gasteiger partial charge on any atom is -0.494 e. The summed E-state index contributed by atoms with van der Waals surface area (Å²) >= 11 is 0. The van der Waals surface area contributed by atoms with Crippen LogP contribution in [0.1, 0.15) is 45.1 Å². The monoisotopic (exact) mass is 385 g/mol. The molecule has 2 aromatic rings. The first-order valence-corrected chi connectivity index (χ1v) is 10.3. The number of hydrogen-bond donors (Lipinski definition) is 2. The number of H-pyrrole nitrogens is 1. The summed E-state index contributed by atoms with van der Waals surface area (Å²) in [6.07, 6.45) is 5.35. The maximum Gasteiger partial charge on any atom is 0.119 e. The Kier molecular flexibility index (Phi) is 5.45. The molecule has 1 aromatic carbocycles. The fourth-order valence-corrected chi connectivity index (χ4v) is 4.57. The number of aliphatic hydroxyl groups is 1. The summed E-state index contributed by atoms with van der Waals surface area (Å²) in [5.41, 5.74) is 2.66. The molecule has 1 atom stereocenters. The van der Waals surface area contributed by atoms with Gasteiger partial charge in [0.05, 0.1) is 36.3 Å². The zero-order valence-corrected chi connectivity index (χ0v) is 16.9. The quantitative estimate of drug-likeness (QED) is 0.826. The highest BCUT2D eigenvalue weighted by atomic mass is 16.5. The van der Waals surface area contributed by atoms with Crippen molar-refractivity contribution in [2.24, 2.45) is 0 Å². The van der Waals surface area contributed by atoms with Crippen LogP contribution in [0.15, 0.2) is 30.5 Å². The van der Waals surface area contributed by atoms with Crippen LogP contribution in [0.25, 0.3) is 11.3 Å². The van der Waals surface area contributed by atoms with Crippen molar-refractivity contribution < 1.29 is 14.6 Å². The van der Waals surface area contributed by atoms with E-state index in [9.17, 15) is 5.11 Å². The Labute approximate surface area is 166 Å². The first-order valence-electron chi connectivity index (χ1n) is 10.3. The van der Waals surface area contributed by atoms with E-state index in [-0.39, 0.29) is 5.60 Å². The minimum atomic E-state index is -0.591. The molecule has 28 heavy (non-hydrogen) atoms. The van der Waals surface area contributed by atoms with Gasteiger partial charge in [0.25, 0.3) is 0 Å². The van der Waals surface area contributed by atoms with Crippen LogP contribution in [-0.4, -0.2) is 57.7 Å². The van der Waals surface area contributed by atoms with Gasteiger partial charge in [0.15, 0.2) is 0 Å². The van der Waals surface area contributed by atoms with Crippen molar-refractivity contribution in [3.63, 3.8) is 0 Å². The third kappa shape index (κ3) is 4.24. The molecule has 0 saturated carbocycles. The van der Waals surface area contributed by atoms with Gasteiger partial charge in [-0.25, -0.2) is 0 Å². The lowest BCUT2D eigenvalue weighted by atomic mass is 9.78. The van der Waals surface area contributed by atoms with E-state index < -0.39 is 5.60 Å². The number of rotatable bonds is 5. The lowest BCUT2D eigenvalue weighted by molar-refractivity contribution is -0.173. The van der Waals surface area contributed by atoms with Gasteiger partial charge in [0, 0.05) is 37.2 Å². The van der Waals surface area contributed by atoms with Crippen LogP contribution >= 0.6 is 0 Å². The van der Waals surface area contributed by atoms with Crippen LogP contribution in [0.2, 0.25) is 0 Å². The van der Waals surface area contributed by atoms with Crippen LogP contribution in [0.4, 0.5) is 0 Å². The second kappa shape index (κ2) is 7.85. The molecule has 0 bridgehead atoms. The lowest BCUT2D eigenvalue weighted by Crippen LogP contribution is -2.53. The number of aromatic nitrogens is 2. The second-order valence-electron chi connectivity index (χ2n) is 8.46. The van der Waals surface area contributed by atoms with Crippen molar-refractivity contribution in [2.45, 2.75) is 57.3 Å². The third-order valence-electron chi connectivity index (χ3n) is 6.08. The predicted molar refractivity (Wildman–Crippen MR) is 108 cm³/mol. The molecule has 1 unspecified atom stereocenters. The number of nitrogens with zero attached hydrogens (tertiary/aromatic N) is 2. The first kappa shape index (κ1) is 19.4. The van der Waals surface area contributed by atoms with Crippen molar-refractivity contribution in [3.8, 4) is 17.0 Å². The van der Waals surface area contributed by atoms with Crippen molar-refractivity contribution in [3.05, 3.63) is 36.0 Å². The van der Waals surface area contributed by atoms with Gasteiger partial charge >= 0.3 is 0 Å². The van der Waals surface area contributed by atoms with Gasteiger partial charge in [0.1, 0.15) is 5.75 Å². The molecule has 2 fully saturated rings. The Morgan fingerprint density at radius 2 is 1.96 bits per heavy atom. The largest absolute Gasteiger partial charge is 0.494 e. The van der Waals surface area contributed by atoms with Crippen molar-refractivity contribution >= 4 is 0 Å². The van der Waals surface area contributed by atoms with Crippen LogP contribution in [0, 0.1) is 0 Å². The fraction of sp³-hybridized carbons (Fsp3) is 0.591. The van der Waals surface area contributed by atoms with Gasteiger partial charge < -0.3 is 14.6 Å². The van der Waals surface area contributed by atoms with Crippen LogP contribution in [0.3, 0.4) is 0 Å². The average molecular weight is 386 g/mol. The summed E-state index contributed by atoms with van der Waals surface area (Å²) in [5.74, 6) is 0.886. The Bertz CT molecular complexity index is 777. The van der Waals surface area contributed by atoms with Crippen LogP contribution < -0.4 is 4.74 Å². The molecule has 2 N–H and O–H groups in total. The van der Waals surface area contributed by atoms with E-state index in [1.54, 1.807) is 0 Å². The molecule has 0 amide bonds. The number of aromatic amines is 1. The van der Waals surface area contributed by atoms with Gasteiger partial charge in [0.2, 0.25) is 0 Å². The SMILES string of the molecule is CCOc1ccc(-c2[nH]ncc2CN2CCC3(CC2)CC(C)(O)CCO3)cc1. The molecule has 3 heterocycles. The predicted octanol–water partition coefficient (Wildman–Crippen LogP) is 3.37. The molecule has 2 aliphatic rings. The zero-order chi connectivity index (χ0) is 19.6. The molecule has 0 aliphatic carbocycles. The molecule has 1 spiro atoms. The summed E-state index contributed by atoms with van der Waals surface area (Å²) in [6.45, 7) is 8.08. The van der Waals surface area contributed by atoms with Crippen molar-refractivity contribution in [2.75, 3.05) is 26.3 Å². The molecule has 4 rings (SSSR count). The Morgan fingerprint density at radius 3 is 2.64 bits per heavy atom. The van der Waals surface area contributed by atoms with E-state index in [4.69, 9.17) is 9.47 Å². The number of likely N-dealkylation sites (tertiary alicyclic amines) is 1. The van der Waals surface area contributed by atoms with Gasteiger partial charge in [-0.2, -0.15) is 5.10 Å². The number of hydrogen-bond acceptors (Lipinski definition) is 5. The third-order valence-corrected chi connectivity index (χ3v) is 6.08. The minimum absolute atomic E-state index is 0.146. The summed E-state index contributed by atoms with van der Waals surface area (Å²) in [5, 5.41) is 17.9. The summed E-state index contributed by atoms with van der Waals surface area (Å²) in [4.78, 5) is 2.46. The highest BCUT2D eigenvalue weighted by molar-refractivity contribution is 5.63. The summed E-state index contributed by atoms with van der Waals surface area (Å²) < 4.78 is 11.7. The standard InChI is InChI=1S/C22H31N3O3/c1-3-27-19-6-4-17(5-7-19)20-18(14-23-24-20)15-25-11-8-22(9-12-25)16-21(2,26)10-13-28-22/h4-7,14,26H,3,8-13,15-16H2,1-2H3,(H,23,24). The number of benzene rings is 1. The van der Waals surface area contributed by atoms with Gasteiger partial charge in [-0.3, -0.25) is 10.00 Å². The normalized spacial score (nSPS) is 25.1. The lowest BCUT2D eigenvalue weighted by Gasteiger charge is -2.48. The van der Waals surface area contributed by atoms with Gasteiger partial charge in [-0.15, -0.1) is 0 Å². The maximum absolute atomic E-state index is 10.5. The highest BCUT2D eigenvalue weighted by Crippen LogP contribution is 2.39. The smallest absolute Gasteiger partial charge is 0.119 e. The molecular weight excluding hydrogens is 354 g/mol. The fourth-order valence-electron chi connectivity index (χ4n) is 4.57. The average Bonchev–Trinajstić information content (AvgIpc) is 3.12. The topological polar surface area (TPSA) is 70.6 Å². The van der Waals surface area contributed by atoms with E-state index >= 15 is 0 Å². The summed E-state index contributed by atoms with van der Waals surface area (Å²) in [6, 6.07) is 8.15. The van der Waals surface area contributed by atoms with E-state index in [0.29, 0.717) is 13.2 Å². The van der Waals surface area contributed by atoms with Gasteiger partial charge in [-0.05, 0) is 57.4 Å². The number of nitrogens with one attached hydrogen (secondary N) is 1. The summed E-state index contributed by atoms with van der Waals surface area (Å²) in [7, 11) is 0. The van der Waals surface area contributed by atoms with Crippen LogP contribution in [0.5, 0.6) is 5.75 Å². The number of piperidine rings is 1. The molecule has 2 aliphatic heterocycles. The van der Waals surface area contributed by atoms with E-state index in [2.05, 4.69) is 27.2 Å². The molecular formula is C22H31N3O3. The van der Waals surface area contributed by atoms with E-state index in [0.717, 1.165) is 62.3 Å². The molecule has 0 radical (unpaired) electrons. The Hall–Kier alpha value is -1.89. The van der Waals surface area contributed by atoms with E-state index in [1.165, 1.54) is 5.56 Å². The highest BCUT2D eigenvalue weighted by Gasteiger charge is 2.44. The molecule has 2 saturated heterocycles. The Morgan fingerprint density at radius 1 is 1.21 bits per heavy atom. The molecule has 6 heteroatoms. The first-order chi connectivity index (χ1) is 13.5.